The van der Waals surface area contributed by atoms with Gasteiger partial charge in [-0.3, -0.25) is 0 Å². The molecule has 1 aliphatic heterocycles. The Labute approximate surface area is 207 Å². The van der Waals surface area contributed by atoms with Crippen LogP contribution in [0.25, 0.3) is 0 Å². The normalized spacial score (nSPS) is 21.5. The van der Waals surface area contributed by atoms with Gasteiger partial charge in [-0.15, -0.1) is 0 Å². The summed E-state index contributed by atoms with van der Waals surface area (Å²) in [4.78, 5) is 38.0. The van der Waals surface area contributed by atoms with Crippen LogP contribution in [0, 0.1) is 0 Å². The molecule has 0 N–H and O–H groups in total. The minimum absolute atomic E-state index is 0.0794. The summed E-state index contributed by atoms with van der Waals surface area (Å²) in [6.07, 6.45) is -2.86. The maximum absolute atomic E-state index is 12.8. The fraction of sp³-hybridized carbons (Fsp3) is 0.222. The van der Waals surface area contributed by atoms with Crippen LogP contribution >= 0.6 is 11.6 Å². The SMILES string of the molecule is O=C(OC[C@H]1OC(Cl)C[C@@H](OC(=O)c2ccccc2)[C@@H]1OC(=O)c1ccccc1)c1ccccc1. The van der Waals surface area contributed by atoms with Gasteiger partial charge in [0.25, 0.3) is 0 Å². The summed E-state index contributed by atoms with van der Waals surface area (Å²) in [5.74, 6) is -1.80. The van der Waals surface area contributed by atoms with Gasteiger partial charge in [-0.1, -0.05) is 66.2 Å². The zero-order valence-corrected chi connectivity index (χ0v) is 19.4. The lowest BCUT2D eigenvalue weighted by atomic mass is 10.0. The predicted molar refractivity (Wildman–Crippen MR) is 127 cm³/mol. The van der Waals surface area contributed by atoms with Crippen molar-refractivity contribution in [3.63, 3.8) is 0 Å². The molecule has 8 heteroatoms. The molecule has 1 fully saturated rings. The number of halogens is 1. The standard InChI is InChI=1S/C27H23ClO7/c28-23-16-21(34-26(30)19-12-6-2-7-13-19)24(35-27(31)20-14-8-3-9-15-20)22(33-23)17-32-25(29)18-10-4-1-5-11-18/h1-15,21-24H,16-17H2/t21-,22-,23?,24+/m1/s1. The summed E-state index contributed by atoms with van der Waals surface area (Å²) >= 11 is 6.29. The van der Waals surface area contributed by atoms with Gasteiger partial charge in [0.1, 0.15) is 24.4 Å². The van der Waals surface area contributed by atoms with Crippen molar-refractivity contribution in [2.75, 3.05) is 6.61 Å². The number of esters is 3. The summed E-state index contributed by atoms with van der Waals surface area (Å²) in [6.45, 7) is -0.261. The number of benzene rings is 3. The van der Waals surface area contributed by atoms with E-state index in [9.17, 15) is 14.4 Å². The third-order valence-corrected chi connectivity index (χ3v) is 5.66. The molecule has 1 aliphatic rings. The highest BCUT2D eigenvalue weighted by Crippen LogP contribution is 2.29. The molecule has 0 amide bonds. The van der Waals surface area contributed by atoms with E-state index in [0.717, 1.165) is 0 Å². The molecule has 3 aromatic rings. The first-order valence-corrected chi connectivity index (χ1v) is 11.5. The molecule has 4 atom stereocenters. The van der Waals surface area contributed by atoms with Crippen LogP contribution in [0.15, 0.2) is 91.0 Å². The molecule has 35 heavy (non-hydrogen) atoms. The topological polar surface area (TPSA) is 88.1 Å². The van der Waals surface area contributed by atoms with Gasteiger partial charge in [0.15, 0.2) is 6.10 Å². The van der Waals surface area contributed by atoms with E-state index < -0.39 is 41.8 Å². The summed E-state index contributed by atoms with van der Waals surface area (Å²) in [6, 6.07) is 25.3. The third-order valence-electron chi connectivity index (χ3n) is 5.38. The molecule has 0 aliphatic carbocycles. The summed E-state index contributed by atoms with van der Waals surface area (Å²) < 4.78 is 22.6. The van der Waals surface area contributed by atoms with Crippen molar-refractivity contribution in [2.24, 2.45) is 0 Å². The van der Waals surface area contributed by atoms with E-state index in [4.69, 9.17) is 30.5 Å². The molecule has 1 heterocycles. The van der Waals surface area contributed by atoms with Crippen molar-refractivity contribution in [1.29, 1.82) is 0 Å². The third kappa shape index (κ3) is 6.47. The van der Waals surface area contributed by atoms with Crippen LogP contribution < -0.4 is 0 Å². The summed E-state index contributed by atoms with van der Waals surface area (Å²) in [7, 11) is 0. The molecule has 0 bridgehead atoms. The van der Waals surface area contributed by atoms with Gasteiger partial charge in [-0.2, -0.15) is 0 Å². The van der Waals surface area contributed by atoms with E-state index in [1.54, 1.807) is 91.0 Å². The molecule has 0 aromatic heterocycles. The van der Waals surface area contributed by atoms with Crippen molar-refractivity contribution in [2.45, 2.75) is 30.3 Å². The number of hydrogen-bond acceptors (Lipinski definition) is 7. The first kappa shape index (κ1) is 24.4. The molecule has 0 spiro atoms. The molecule has 7 nitrogen and oxygen atoms in total. The van der Waals surface area contributed by atoms with Crippen molar-refractivity contribution < 1.29 is 33.3 Å². The zero-order valence-electron chi connectivity index (χ0n) is 18.6. The highest BCUT2D eigenvalue weighted by Gasteiger charge is 2.44. The number of hydrogen-bond donors (Lipinski definition) is 0. The Bertz CT molecular complexity index is 1140. The number of carbonyl (C=O) groups is 3. The fourth-order valence-electron chi connectivity index (χ4n) is 3.64. The average Bonchev–Trinajstić information content (AvgIpc) is 2.90. The van der Waals surface area contributed by atoms with Gasteiger partial charge in [0, 0.05) is 6.42 Å². The number of alkyl halides is 1. The molecule has 180 valence electrons. The van der Waals surface area contributed by atoms with Crippen LogP contribution in [0.1, 0.15) is 37.5 Å². The lowest BCUT2D eigenvalue weighted by Crippen LogP contribution is -2.53. The van der Waals surface area contributed by atoms with Gasteiger partial charge < -0.3 is 18.9 Å². The quantitative estimate of drug-likeness (QED) is 0.268. The Morgan fingerprint density at radius 2 is 1.17 bits per heavy atom. The Morgan fingerprint density at radius 3 is 1.69 bits per heavy atom. The van der Waals surface area contributed by atoms with Crippen LogP contribution in [0.4, 0.5) is 0 Å². The Morgan fingerprint density at radius 1 is 0.714 bits per heavy atom. The van der Waals surface area contributed by atoms with E-state index in [0.29, 0.717) is 16.7 Å². The van der Waals surface area contributed by atoms with Crippen LogP contribution in [-0.4, -0.2) is 48.4 Å². The summed E-state index contributed by atoms with van der Waals surface area (Å²) in [5, 5.41) is 0. The van der Waals surface area contributed by atoms with Gasteiger partial charge in [-0.25, -0.2) is 14.4 Å². The largest absolute Gasteiger partial charge is 0.459 e. The van der Waals surface area contributed by atoms with E-state index >= 15 is 0 Å². The Kier molecular flexibility index (Phi) is 8.13. The molecule has 1 saturated heterocycles. The first-order valence-electron chi connectivity index (χ1n) is 11.0. The van der Waals surface area contributed by atoms with Gasteiger partial charge in [-0.05, 0) is 36.4 Å². The van der Waals surface area contributed by atoms with E-state index in [2.05, 4.69) is 0 Å². The minimum Gasteiger partial charge on any atom is -0.459 e. The predicted octanol–water partition coefficient (Wildman–Crippen LogP) is 4.65. The second kappa shape index (κ2) is 11.6. The molecule has 0 radical (unpaired) electrons. The Balaban J connectivity index is 1.53. The molecular weight excluding hydrogens is 472 g/mol. The molecular formula is C27H23ClO7. The summed E-state index contributed by atoms with van der Waals surface area (Å²) in [5.41, 5.74) is 0.158. The van der Waals surface area contributed by atoms with Gasteiger partial charge >= 0.3 is 17.9 Å². The minimum atomic E-state index is -1.06. The van der Waals surface area contributed by atoms with Crippen LogP contribution in [-0.2, 0) is 18.9 Å². The fourth-order valence-corrected chi connectivity index (χ4v) is 3.95. The molecule has 3 aromatic carbocycles. The molecule has 1 unspecified atom stereocenters. The number of carbonyl (C=O) groups excluding carboxylic acids is 3. The number of rotatable bonds is 7. The zero-order chi connectivity index (χ0) is 24.6. The highest BCUT2D eigenvalue weighted by atomic mass is 35.5. The molecule has 0 saturated carbocycles. The van der Waals surface area contributed by atoms with Crippen LogP contribution in [0.2, 0.25) is 0 Å². The van der Waals surface area contributed by atoms with Crippen molar-refractivity contribution in [3.05, 3.63) is 108 Å². The van der Waals surface area contributed by atoms with Crippen LogP contribution in [0.3, 0.4) is 0 Å². The van der Waals surface area contributed by atoms with Gasteiger partial charge in [0.05, 0.1) is 16.7 Å². The van der Waals surface area contributed by atoms with Crippen LogP contribution in [0.5, 0.6) is 0 Å². The monoisotopic (exact) mass is 494 g/mol. The van der Waals surface area contributed by atoms with E-state index in [-0.39, 0.29) is 13.0 Å². The van der Waals surface area contributed by atoms with Crippen molar-refractivity contribution in [3.8, 4) is 0 Å². The number of ether oxygens (including phenoxy) is 4. The Hall–Kier alpha value is -3.68. The first-order chi connectivity index (χ1) is 17.0. The highest BCUT2D eigenvalue weighted by molar-refractivity contribution is 6.19. The van der Waals surface area contributed by atoms with E-state index in [1.807, 2.05) is 0 Å². The molecule has 4 rings (SSSR count). The smallest absolute Gasteiger partial charge is 0.338 e. The lowest BCUT2D eigenvalue weighted by molar-refractivity contribution is -0.164. The second-order valence-corrected chi connectivity index (χ2v) is 8.32. The maximum Gasteiger partial charge on any atom is 0.338 e. The van der Waals surface area contributed by atoms with E-state index in [1.165, 1.54) is 0 Å². The average molecular weight is 495 g/mol. The van der Waals surface area contributed by atoms with Crippen molar-refractivity contribution in [1.82, 2.24) is 0 Å². The second-order valence-electron chi connectivity index (χ2n) is 7.83. The maximum atomic E-state index is 12.8. The van der Waals surface area contributed by atoms with Gasteiger partial charge in [0.2, 0.25) is 0 Å². The lowest BCUT2D eigenvalue weighted by Gasteiger charge is -2.38. The van der Waals surface area contributed by atoms with Crippen molar-refractivity contribution >= 4 is 29.5 Å².